The van der Waals surface area contributed by atoms with Gasteiger partial charge in [0.05, 0.1) is 13.0 Å². The summed E-state index contributed by atoms with van der Waals surface area (Å²) in [5, 5.41) is 0. The van der Waals surface area contributed by atoms with Gasteiger partial charge in [0.25, 0.3) is 0 Å². The van der Waals surface area contributed by atoms with E-state index in [4.69, 9.17) is 10.5 Å². The highest BCUT2D eigenvalue weighted by Gasteiger charge is 2.23. The Kier molecular flexibility index (Phi) is 3.72. The Bertz CT molecular complexity index is 176. The van der Waals surface area contributed by atoms with Crippen molar-refractivity contribution < 1.29 is 9.53 Å². The van der Waals surface area contributed by atoms with Gasteiger partial charge in [0.2, 0.25) is 0 Å². The summed E-state index contributed by atoms with van der Waals surface area (Å²) in [5.74, 6) is 0.834. The van der Waals surface area contributed by atoms with Crippen LogP contribution in [0.3, 0.4) is 0 Å². The van der Waals surface area contributed by atoms with Gasteiger partial charge in [-0.05, 0) is 24.7 Å². The third kappa shape index (κ3) is 4.27. The van der Waals surface area contributed by atoms with Crippen molar-refractivity contribution in [3.63, 3.8) is 0 Å². The smallest absolute Gasteiger partial charge is 0.307 e. The van der Waals surface area contributed by atoms with Crippen LogP contribution in [0.25, 0.3) is 0 Å². The molecular weight excluding hydrogens is 166 g/mol. The second-order valence-corrected chi connectivity index (χ2v) is 4.24. The van der Waals surface area contributed by atoms with Gasteiger partial charge < -0.3 is 10.5 Å². The average molecular weight is 185 g/mol. The van der Waals surface area contributed by atoms with Crippen LogP contribution in [-0.4, -0.2) is 18.6 Å². The van der Waals surface area contributed by atoms with E-state index >= 15 is 0 Å². The monoisotopic (exact) mass is 185 g/mol. The van der Waals surface area contributed by atoms with E-state index in [2.05, 4.69) is 0 Å². The van der Waals surface area contributed by atoms with Gasteiger partial charge in [0.1, 0.15) is 0 Å². The van der Waals surface area contributed by atoms with Crippen LogP contribution in [-0.2, 0) is 9.53 Å². The predicted octanol–water partition coefficient (Wildman–Crippen LogP) is 1.31. The lowest BCUT2D eigenvalue weighted by molar-refractivity contribution is -0.144. The first-order valence-electron chi connectivity index (χ1n) is 5.00. The SMILES string of the molecule is CC(C)C(N)CC(=O)OCC1CC1. The molecule has 1 fully saturated rings. The minimum atomic E-state index is -0.145. The molecule has 13 heavy (non-hydrogen) atoms. The van der Waals surface area contributed by atoms with Gasteiger partial charge in [-0.2, -0.15) is 0 Å². The fourth-order valence-electron chi connectivity index (χ4n) is 0.982. The zero-order valence-electron chi connectivity index (χ0n) is 8.45. The van der Waals surface area contributed by atoms with E-state index in [1.54, 1.807) is 0 Å². The Labute approximate surface area is 79.6 Å². The van der Waals surface area contributed by atoms with Crippen LogP contribution >= 0.6 is 0 Å². The van der Waals surface area contributed by atoms with Crippen molar-refractivity contribution in [1.29, 1.82) is 0 Å². The molecule has 3 heteroatoms. The number of ether oxygens (including phenoxy) is 1. The third-order valence-electron chi connectivity index (χ3n) is 2.44. The Morgan fingerprint density at radius 3 is 2.62 bits per heavy atom. The highest BCUT2D eigenvalue weighted by molar-refractivity contribution is 5.70. The van der Waals surface area contributed by atoms with Crippen molar-refractivity contribution in [2.75, 3.05) is 6.61 Å². The summed E-state index contributed by atoms with van der Waals surface area (Å²) in [6.45, 7) is 4.63. The molecule has 1 rings (SSSR count). The molecule has 3 nitrogen and oxygen atoms in total. The second-order valence-electron chi connectivity index (χ2n) is 4.24. The summed E-state index contributed by atoms with van der Waals surface area (Å²) in [5.41, 5.74) is 5.74. The first kappa shape index (κ1) is 10.5. The number of rotatable bonds is 5. The van der Waals surface area contributed by atoms with E-state index < -0.39 is 0 Å². The minimum Gasteiger partial charge on any atom is -0.465 e. The fraction of sp³-hybridized carbons (Fsp3) is 0.900. The standard InChI is InChI=1S/C10H19NO2/c1-7(2)9(11)5-10(12)13-6-8-3-4-8/h7-9H,3-6,11H2,1-2H3. The molecule has 1 atom stereocenters. The quantitative estimate of drug-likeness (QED) is 0.657. The molecule has 0 aromatic rings. The molecule has 0 saturated heterocycles. The Hall–Kier alpha value is -0.570. The van der Waals surface area contributed by atoms with Crippen LogP contribution in [0.15, 0.2) is 0 Å². The highest BCUT2D eigenvalue weighted by atomic mass is 16.5. The van der Waals surface area contributed by atoms with E-state index in [0.717, 1.165) is 0 Å². The lowest BCUT2D eigenvalue weighted by atomic mass is 10.0. The van der Waals surface area contributed by atoms with Crippen molar-refractivity contribution in [2.24, 2.45) is 17.6 Å². The van der Waals surface area contributed by atoms with Crippen LogP contribution in [0, 0.1) is 11.8 Å². The zero-order chi connectivity index (χ0) is 9.84. The number of nitrogens with two attached hydrogens (primary N) is 1. The Balaban J connectivity index is 2.08. The summed E-state index contributed by atoms with van der Waals surface area (Å²) < 4.78 is 5.07. The van der Waals surface area contributed by atoms with E-state index in [1.807, 2.05) is 13.8 Å². The lowest BCUT2D eigenvalue weighted by Crippen LogP contribution is -2.30. The van der Waals surface area contributed by atoms with Gasteiger partial charge in [0.15, 0.2) is 0 Å². The van der Waals surface area contributed by atoms with E-state index in [9.17, 15) is 4.79 Å². The lowest BCUT2D eigenvalue weighted by Gasteiger charge is -2.14. The van der Waals surface area contributed by atoms with Gasteiger partial charge >= 0.3 is 5.97 Å². The Morgan fingerprint density at radius 2 is 2.15 bits per heavy atom. The van der Waals surface area contributed by atoms with Crippen LogP contribution in [0.5, 0.6) is 0 Å². The number of hydrogen-bond acceptors (Lipinski definition) is 3. The van der Waals surface area contributed by atoms with Gasteiger partial charge in [-0.25, -0.2) is 0 Å². The van der Waals surface area contributed by atoms with Crippen LogP contribution in [0.1, 0.15) is 33.1 Å². The fourth-order valence-corrected chi connectivity index (χ4v) is 0.982. The van der Waals surface area contributed by atoms with Crippen molar-refractivity contribution in [3.8, 4) is 0 Å². The van der Waals surface area contributed by atoms with Crippen molar-refractivity contribution in [1.82, 2.24) is 0 Å². The summed E-state index contributed by atoms with van der Waals surface area (Å²) >= 11 is 0. The van der Waals surface area contributed by atoms with Gasteiger partial charge in [0, 0.05) is 6.04 Å². The van der Waals surface area contributed by atoms with E-state index in [0.29, 0.717) is 24.9 Å². The van der Waals surface area contributed by atoms with Crippen molar-refractivity contribution >= 4 is 5.97 Å². The van der Waals surface area contributed by atoms with E-state index in [-0.39, 0.29) is 12.0 Å². The maximum absolute atomic E-state index is 11.2. The first-order valence-corrected chi connectivity index (χ1v) is 5.00. The molecule has 0 spiro atoms. The number of esters is 1. The molecule has 0 bridgehead atoms. The molecule has 1 aliphatic carbocycles. The normalized spacial score (nSPS) is 18.8. The summed E-state index contributed by atoms with van der Waals surface area (Å²) in [6.07, 6.45) is 2.78. The molecule has 0 amide bonds. The zero-order valence-corrected chi connectivity index (χ0v) is 8.45. The summed E-state index contributed by atoms with van der Waals surface area (Å²) in [4.78, 5) is 11.2. The first-order chi connectivity index (χ1) is 6.09. The molecule has 2 N–H and O–H groups in total. The highest BCUT2D eigenvalue weighted by Crippen LogP contribution is 2.28. The molecule has 1 saturated carbocycles. The van der Waals surface area contributed by atoms with Gasteiger partial charge in [-0.1, -0.05) is 13.8 Å². The predicted molar refractivity (Wildman–Crippen MR) is 51.1 cm³/mol. The molecule has 1 aliphatic rings. The molecule has 76 valence electrons. The summed E-state index contributed by atoms with van der Waals surface area (Å²) in [6, 6.07) is -0.0632. The van der Waals surface area contributed by atoms with Gasteiger partial charge in [-0.15, -0.1) is 0 Å². The molecule has 0 aliphatic heterocycles. The van der Waals surface area contributed by atoms with Crippen LogP contribution in [0.4, 0.5) is 0 Å². The average Bonchev–Trinajstić information content (AvgIpc) is 2.83. The molecular formula is C10H19NO2. The summed E-state index contributed by atoms with van der Waals surface area (Å²) in [7, 11) is 0. The molecule has 1 unspecified atom stereocenters. The maximum atomic E-state index is 11.2. The van der Waals surface area contributed by atoms with Crippen LogP contribution < -0.4 is 5.73 Å². The van der Waals surface area contributed by atoms with Crippen molar-refractivity contribution in [2.45, 2.75) is 39.2 Å². The third-order valence-corrected chi connectivity index (χ3v) is 2.44. The Morgan fingerprint density at radius 1 is 1.54 bits per heavy atom. The minimum absolute atomic E-state index is 0.0632. The second kappa shape index (κ2) is 4.61. The number of hydrogen-bond donors (Lipinski definition) is 1. The maximum Gasteiger partial charge on any atom is 0.307 e. The largest absolute Gasteiger partial charge is 0.465 e. The molecule has 0 aromatic carbocycles. The number of carbonyl (C=O) groups is 1. The van der Waals surface area contributed by atoms with Crippen molar-refractivity contribution in [3.05, 3.63) is 0 Å². The molecule has 0 heterocycles. The molecule has 0 aromatic heterocycles. The van der Waals surface area contributed by atoms with Gasteiger partial charge in [-0.3, -0.25) is 4.79 Å². The topological polar surface area (TPSA) is 52.3 Å². The van der Waals surface area contributed by atoms with E-state index in [1.165, 1.54) is 12.8 Å². The van der Waals surface area contributed by atoms with Crippen LogP contribution in [0.2, 0.25) is 0 Å². The molecule has 0 radical (unpaired) electrons. The number of carbonyl (C=O) groups excluding carboxylic acids is 1.